The van der Waals surface area contributed by atoms with Crippen molar-refractivity contribution >= 4 is 0 Å². The van der Waals surface area contributed by atoms with Crippen LogP contribution in [-0.2, 0) is 4.74 Å². The molecule has 2 nitrogen and oxygen atoms in total. The van der Waals surface area contributed by atoms with Gasteiger partial charge in [-0.2, -0.15) is 0 Å². The molecule has 1 unspecified atom stereocenters. The smallest absolute Gasteiger partial charge is 0.0697 e. The van der Waals surface area contributed by atoms with Crippen LogP contribution >= 0.6 is 0 Å². The molecule has 0 aromatic carbocycles. The Morgan fingerprint density at radius 2 is 1.84 bits per heavy atom. The minimum absolute atomic E-state index is 0.214. The molecule has 2 fully saturated rings. The van der Waals surface area contributed by atoms with E-state index in [-0.39, 0.29) is 5.60 Å². The van der Waals surface area contributed by atoms with Gasteiger partial charge in [0.1, 0.15) is 0 Å². The topological polar surface area (TPSA) is 21.3 Å². The molecule has 1 atom stereocenters. The first-order valence-corrected chi connectivity index (χ1v) is 8.32. The lowest BCUT2D eigenvalue weighted by Crippen LogP contribution is -2.49. The highest BCUT2D eigenvalue weighted by Crippen LogP contribution is 2.45. The van der Waals surface area contributed by atoms with Gasteiger partial charge in [0, 0.05) is 12.6 Å². The highest BCUT2D eigenvalue weighted by atomic mass is 16.5. The van der Waals surface area contributed by atoms with E-state index in [4.69, 9.17) is 4.74 Å². The van der Waals surface area contributed by atoms with Crippen LogP contribution in [0.25, 0.3) is 0 Å². The van der Waals surface area contributed by atoms with E-state index >= 15 is 0 Å². The Bertz CT molecular complexity index is 273. The van der Waals surface area contributed by atoms with Crippen molar-refractivity contribution in [2.24, 2.45) is 11.3 Å². The predicted molar refractivity (Wildman–Crippen MR) is 81.4 cm³/mol. The molecule has 0 radical (unpaired) electrons. The van der Waals surface area contributed by atoms with Crippen LogP contribution in [0.2, 0.25) is 0 Å². The fraction of sp³-hybridized carbons (Fsp3) is 1.00. The van der Waals surface area contributed by atoms with Gasteiger partial charge in [-0.05, 0) is 62.8 Å². The van der Waals surface area contributed by atoms with Gasteiger partial charge in [-0.15, -0.1) is 0 Å². The van der Waals surface area contributed by atoms with Gasteiger partial charge in [0.2, 0.25) is 0 Å². The molecule has 112 valence electrons. The Morgan fingerprint density at radius 1 is 1.16 bits per heavy atom. The Labute approximate surface area is 119 Å². The molecule has 1 aliphatic heterocycles. The van der Waals surface area contributed by atoms with Gasteiger partial charge in [-0.1, -0.05) is 27.7 Å². The monoisotopic (exact) mass is 267 g/mol. The lowest BCUT2D eigenvalue weighted by Gasteiger charge is -2.47. The van der Waals surface area contributed by atoms with E-state index in [2.05, 4.69) is 33.0 Å². The second-order valence-corrected chi connectivity index (χ2v) is 7.82. The third-order valence-electron chi connectivity index (χ3n) is 5.30. The molecule has 1 spiro atoms. The summed E-state index contributed by atoms with van der Waals surface area (Å²) in [5.74, 6) is 0.880. The van der Waals surface area contributed by atoms with Gasteiger partial charge in [-0.3, -0.25) is 0 Å². The van der Waals surface area contributed by atoms with E-state index in [9.17, 15) is 0 Å². The fourth-order valence-corrected chi connectivity index (χ4v) is 3.91. The van der Waals surface area contributed by atoms with Crippen LogP contribution in [0.3, 0.4) is 0 Å². The Kier molecular flexibility index (Phi) is 4.94. The van der Waals surface area contributed by atoms with Crippen molar-refractivity contribution in [2.75, 3.05) is 13.2 Å². The van der Waals surface area contributed by atoms with Crippen molar-refractivity contribution in [3.05, 3.63) is 0 Å². The van der Waals surface area contributed by atoms with Crippen molar-refractivity contribution in [1.29, 1.82) is 0 Å². The second-order valence-electron chi connectivity index (χ2n) is 7.82. The normalized spacial score (nSPS) is 36.6. The molecule has 1 heterocycles. The second kappa shape index (κ2) is 6.13. The maximum absolute atomic E-state index is 6.24. The number of hydrogen-bond acceptors (Lipinski definition) is 2. The molecule has 19 heavy (non-hydrogen) atoms. The van der Waals surface area contributed by atoms with E-state index in [1.54, 1.807) is 0 Å². The van der Waals surface area contributed by atoms with Gasteiger partial charge >= 0.3 is 0 Å². The molecule has 0 bridgehead atoms. The van der Waals surface area contributed by atoms with E-state index in [0.717, 1.165) is 19.1 Å². The van der Waals surface area contributed by atoms with Crippen LogP contribution in [-0.4, -0.2) is 24.8 Å². The molecular formula is C17H33NO. The Balaban J connectivity index is 1.87. The molecule has 0 amide bonds. The maximum atomic E-state index is 6.24. The van der Waals surface area contributed by atoms with Crippen molar-refractivity contribution in [3.8, 4) is 0 Å². The van der Waals surface area contributed by atoms with E-state index in [1.807, 2.05) is 0 Å². The standard InChI is InChI=1S/C17H33NO/c1-5-11-18-15-8-12-19-17(13-15)9-6-14(7-10-17)16(2,3)4/h14-15,18H,5-13H2,1-4H3. The molecular weight excluding hydrogens is 234 g/mol. The largest absolute Gasteiger partial charge is 0.375 e. The van der Waals surface area contributed by atoms with Crippen LogP contribution in [0.5, 0.6) is 0 Å². The fourth-order valence-electron chi connectivity index (χ4n) is 3.91. The SMILES string of the molecule is CCCNC1CCOC2(CCC(C(C)(C)C)CC2)C1. The zero-order valence-corrected chi connectivity index (χ0v) is 13.4. The summed E-state index contributed by atoms with van der Waals surface area (Å²) < 4.78 is 6.24. The first-order chi connectivity index (χ1) is 8.95. The van der Waals surface area contributed by atoms with Crippen molar-refractivity contribution in [3.63, 3.8) is 0 Å². The van der Waals surface area contributed by atoms with Crippen LogP contribution in [0, 0.1) is 11.3 Å². The molecule has 1 saturated carbocycles. The minimum Gasteiger partial charge on any atom is -0.375 e. The molecule has 0 aromatic rings. The summed E-state index contributed by atoms with van der Waals surface area (Å²) in [7, 11) is 0. The van der Waals surface area contributed by atoms with Crippen LogP contribution in [0.15, 0.2) is 0 Å². The zero-order chi connectivity index (χ0) is 13.9. The lowest BCUT2D eigenvalue weighted by molar-refractivity contribution is -0.121. The van der Waals surface area contributed by atoms with Gasteiger partial charge < -0.3 is 10.1 Å². The van der Waals surface area contributed by atoms with E-state index < -0.39 is 0 Å². The molecule has 2 heteroatoms. The van der Waals surface area contributed by atoms with Gasteiger partial charge in [0.25, 0.3) is 0 Å². The summed E-state index contributed by atoms with van der Waals surface area (Å²) >= 11 is 0. The predicted octanol–water partition coefficient (Wildman–Crippen LogP) is 4.14. The van der Waals surface area contributed by atoms with Crippen molar-refractivity contribution < 1.29 is 4.74 Å². The van der Waals surface area contributed by atoms with Crippen LogP contribution in [0.4, 0.5) is 0 Å². The Hall–Kier alpha value is -0.0800. The average molecular weight is 267 g/mol. The summed E-state index contributed by atoms with van der Waals surface area (Å²) in [4.78, 5) is 0. The number of hydrogen-bond donors (Lipinski definition) is 1. The van der Waals surface area contributed by atoms with Crippen molar-refractivity contribution in [2.45, 2.75) is 84.3 Å². The minimum atomic E-state index is 0.214. The summed E-state index contributed by atoms with van der Waals surface area (Å²) in [5.41, 5.74) is 0.682. The summed E-state index contributed by atoms with van der Waals surface area (Å²) in [6.45, 7) is 11.5. The maximum Gasteiger partial charge on any atom is 0.0697 e. The Morgan fingerprint density at radius 3 is 2.42 bits per heavy atom. The highest BCUT2D eigenvalue weighted by molar-refractivity contribution is 4.95. The number of nitrogens with one attached hydrogen (secondary N) is 1. The molecule has 0 aromatic heterocycles. The quantitative estimate of drug-likeness (QED) is 0.830. The molecule has 2 rings (SSSR count). The first kappa shape index (κ1) is 15.3. The zero-order valence-electron chi connectivity index (χ0n) is 13.4. The number of rotatable bonds is 3. The summed E-state index contributed by atoms with van der Waals surface area (Å²) in [5, 5.41) is 3.70. The molecule has 1 aliphatic carbocycles. The first-order valence-electron chi connectivity index (χ1n) is 8.32. The van der Waals surface area contributed by atoms with Gasteiger partial charge in [-0.25, -0.2) is 0 Å². The third kappa shape index (κ3) is 3.95. The van der Waals surface area contributed by atoms with E-state index in [0.29, 0.717) is 11.5 Å². The van der Waals surface area contributed by atoms with Crippen molar-refractivity contribution in [1.82, 2.24) is 5.32 Å². The lowest BCUT2D eigenvalue weighted by atomic mass is 9.66. The summed E-state index contributed by atoms with van der Waals surface area (Å²) in [6.07, 6.45) is 8.93. The summed E-state index contributed by atoms with van der Waals surface area (Å²) in [6, 6.07) is 0.694. The van der Waals surface area contributed by atoms with Crippen LogP contribution < -0.4 is 5.32 Å². The van der Waals surface area contributed by atoms with Gasteiger partial charge in [0.15, 0.2) is 0 Å². The molecule has 2 aliphatic rings. The molecule has 1 N–H and O–H groups in total. The van der Waals surface area contributed by atoms with Crippen LogP contribution in [0.1, 0.15) is 72.6 Å². The number of ether oxygens (including phenoxy) is 1. The van der Waals surface area contributed by atoms with Gasteiger partial charge in [0.05, 0.1) is 5.60 Å². The van der Waals surface area contributed by atoms with E-state index in [1.165, 1.54) is 44.9 Å². The molecule has 1 saturated heterocycles. The highest BCUT2D eigenvalue weighted by Gasteiger charge is 2.42. The average Bonchev–Trinajstić information content (AvgIpc) is 2.36. The third-order valence-corrected chi connectivity index (χ3v) is 5.30.